The maximum Gasteiger partial charge on any atom is 0.353 e. The molecule has 0 amide bonds. The Morgan fingerprint density at radius 3 is 2.58 bits per heavy atom. The lowest BCUT2D eigenvalue weighted by molar-refractivity contribution is -0.383. The molecule has 0 bridgehead atoms. The minimum Gasteiger partial charge on any atom is -0.334 e. The topological polar surface area (TPSA) is 149 Å². The molecule has 10 heteroatoms. The van der Waals surface area contributed by atoms with Gasteiger partial charge in [-0.15, -0.1) is 0 Å². The maximum absolute atomic E-state index is 11.6. The van der Waals surface area contributed by atoms with Gasteiger partial charge in [0.15, 0.2) is 5.78 Å². The average Bonchev–Trinajstić information content (AvgIpc) is 2.61. The molecule has 0 aliphatic carbocycles. The summed E-state index contributed by atoms with van der Waals surface area (Å²) in [5, 5.41) is 32.1. The average molecular weight is 351 g/mol. The molecule has 10 nitrogen and oxygen atoms in total. The molecule has 0 saturated heterocycles. The van der Waals surface area contributed by atoms with E-state index in [9.17, 15) is 14.9 Å². The van der Waals surface area contributed by atoms with Crippen molar-refractivity contribution in [1.29, 1.82) is 10.5 Å². The zero-order chi connectivity index (χ0) is 19.1. The highest BCUT2D eigenvalue weighted by atomic mass is 16.6. The number of Topliss-reactive ketones (excluding diaryl/α,β-unsaturated/α-hetero) is 1. The lowest BCUT2D eigenvalue weighted by atomic mass is 10.1. The summed E-state index contributed by atoms with van der Waals surface area (Å²) in [5.74, 6) is -0.402. The normalized spacial score (nSPS) is 9.65. The summed E-state index contributed by atoms with van der Waals surface area (Å²) in [7, 11) is 0. The van der Waals surface area contributed by atoms with Gasteiger partial charge in [0.25, 0.3) is 0 Å². The summed E-state index contributed by atoms with van der Waals surface area (Å²) in [6.45, 7) is 0.918. The van der Waals surface area contributed by atoms with E-state index in [1.165, 1.54) is 17.9 Å². The van der Waals surface area contributed by atoms with Gasteiger partial charge in [0.2, 0.25) is 11.6 Å². The minimum absolute atomic E-state index is 0.110. The molecule has 0 radical (unpaired) electrons. The van der Waals surface area contributed by atoms with E-state index in [0.717, 1.165) is 6.33 Å². The van der Waals surface area contributed by atoms with E-state index in [0.29, 0.717) is 11.3 Å². The van der Waals surface area contributed by atoms with E-state index >= 15 is 0 Å². The van der Waals surface area contributed by atoms with Crippen molar-refractivity contribution in [2.45, 2.75) is 6.92 Å². The number of nitrogens with one attached hydrogen (secondary N) is 1. The summed E-state index contributed by atoms with van der Waals surface area (Å²) in [4.78, 5) is 31.3. The van der Waals surface area contributed by atoms with Gasteiger partial charge in [-0.1, -0.05) is 12.1 Å². The van der Waals surface area contributed by atoms with Crippen LogP contribution in [0.1, 0.15) is 17.3 Å². The molecular formula is C16H13N7O3. The van der Waals surface area contributed by atoms with E-state index in [4.69, 9.17) is 10.5 Å². The molecular weight excluding hydrogens is 338 g/mol. The Balaban J connectivity index is 2.50. The second kappa shape index (κ2) is 8.17. The number of carbonyl (C=O) groups is 1. The van der Waals surface area contributed by atoms with Crippen molar-refractivity contribution in [2.75, 3.05) is 23.3 Å². The van der Waals surface area contributed by atoms with Crippen molar-refractivity contribution in [2.24, 2.45) is 0 Å². The predicted octanol–water partition coefficient (Wildman–Crippen LogP) is 2.18. The third kappa shape index (κ3) is 4.07. The molecule has 0 spiro atoms. The van der Waals surface area contributed by atoms with Gasteiger partial charge >= 0.3 is 5.69 Å². The largest absolute Gasteiger partial charge is 0.353 e. The molecule has 1 aromatic heterocycles. The van der Waals surface area contributed by atoms with Crippen molar-refractivity contribution >= 4 is 28.8 Å². The van der Waals surface area contributed by atoms with E-state index < -0.39 is 10.6 Å². The lowest BCUT2D eigenvalue weighted by Crippen LogP contribution is -2.26. The molecule has 130 valence electrons. The minimum atomic E-state index is -0.686. The van der Waals surface area contributed by atoms with Crippen LogP contribution in [-0.2, 0) is 0 Å². The van der Waals surface area contributed by atoms with Gasteiger partial charge in [0, 0.05) is 11.3 Å². The van der Waals surface area contributed by atoms with Gasteiger partial charge in [0.1, 0.15) is 19.4 Å². The fourth-order valence-corrected chi connectivity index (χ4v) is 2.19. The third-order valence-corrected chi connectivity index (χ3v) is 3.34. The number of aromatic nitrogens is 2. The Hall–Kier alpha value is -4.05. The number of rotatable bonds is 7. The van der Waals surface area contributed by atoms with Crippen LogP contribution in [0, 0.1) is 32.8 Å². The Morgan fingerprint density at radius 2 is 2.00 bits per heavy atom. The zero-order valence-electron chi connectivity index (χ0n) is 13.7. The molecule has 0 fully saturated rings. The number of hydrogen-bond donors (Lipinski definition) is 1. The number of hydrogen-bond acceptors (Lipinski definition) is 9. The van der Waals surface area contributed by atoms with Crippen molar-refractivity contribution in [1.82, 2.24) is 9.97 Å². The molecule has 1 aromatic carbocycles. The summed E-state index contributed by atoms with van der Waals surface area (Å²) in [6, 6.07) is 10.1. The van der Waals surface area contributed by atoms with Crippen molar-refractivity contribution in [3.63, 3.8) is 0 Å². The van der Waals surface area contributed by atoms with Crippen molar-refractivity contribution < 1.29 is 9.72 Å². The van der Waals surface area contributed by atoms with E-state index in [1.807, 2.05) is 12.1 Å². The van der Waals surface area contributed by atoms with Gasteiger partial charge in [-0.25, -0.2) is 9.97 Å². The molecule has 0 aliphatic heterocycles. The number of anilines is 3. The van der Waals surface area contributed by atoms with E-state index in [2.05, 4.69) is 15.3 Å². The van der Waals surface area contributed by atoms with Crippen LogP contribution in [0.25, 0.3) is 0 Å². The highest BCUT2D eigenvalue weighted by Gasteiger charge is 2.27. The SMILES string of the molecule is CC(=O)c1cccc(Nc2ncnc(N(CC#N)CC#N)c2[N+](=O)[O-])c1. The zero-order valence-corrected chi connectivity index (χ0v) is 13.7. The van der Waals surface area contributed by atoms with Crippen LogP contribution in [0.5, 0.6) is 0 Å². The first-order valence-corrected chi connectivity index (χ1v) is 7.34. The fourth-order valence-electron chi connectivity index (χ4n) is 2.19. The van der Waals surface area contributed by atoms with Crippen molar-refractivity contribution in [3.05, 3.63) is 46.3 Å². The molecule has 1 heterocycles. The fraction of sp³-hybridized carbons (Fsp3) is 0.188. The van der Waals surface area contributed by atoms with Gasteiger partial charge < -0.3 is 10.2 Å². The molecule has 26 heavy (non-hydrogen) atoms. The summed E-state index contributed by atoms with van der Waals surface area (Å²) < 4.78 is 0. The van der Waals surface area contributed by atoms with Gasteiger partial charge in [-0.3, -0.25) is 14.9 Å². The lowest BCUT2D eigenvalue weighted by Gasteiger charge is -2.17. The second-order valence-electron chi connectivity index (χ2n) is 5.09. The monoisotopic (exact) mass is 351 g/mol. The van der Waals surface area contributed by atoms with Gasteiger partial charge in [-0.2, -0.15) is 10.5 Å². The first kappa shape index (κ1) is 18.3. The molecule has 0 atom stereocenters. The van der Waals surface area contributed by atoms with Crippen LogP contribution in [0.15, 0.2) is 30.6 Å². The number of nitro groups is 1. The third-order valence-electron chi connectivity index (χ3n) is 3.34. The number of ketones is 1. The van der Waals surface area contributed by atoms with Crippen LogP contribution < -0.4 is 10.2 Å². The molecule has 0 unspecified atom stereocenters. The Labute approximate surface area is 148 Å². The number of nitrogens with zero attached hydrogens (tertiary/aromatic N) is 6. The molecule has 0 saturated carbocycles. The summed E-state index contributed by atoms with van der Waals surface area (Å²) in [6.07, 6.45) is 1.10. The number of benzene rings is 1. The van der Waals surface area contributed by atoms with Crippen LogP contribution in [0.2, 0.25) is 0 Å². The highest BCUT2D eigenvalue weighted by molar-refractivity contribution is 5.95. The smallest absolute Gasteiger partial charge is 0.334 e. The Bertz CT molecular complexity index is 914. The van der Waals surface area contributed by atoms with Crippen molar-refractivity contribution in [3.8, 4) is 12.1 Å². The second-order valence-corrected chi connectivity index (χ2v) is 5.09. The summed E-state index contributed by atoms with van der Waals surface area (Å²) in [5.41, 5.74) is 0.395. The molecule has 1 N–H and O–H groups in total. The van der Waals surface area contributed by atoms with E-state index in [1.54, 1.807) is 18.2 Å². The van der Waals surface area contributed by atoms with Crippen LogP contribution >= 0.6 is 0 Å². The highest BCUT2D eigenvalue weighted by Crippen LogP contribution is 2.33. The maximum atomic E-state index is 11.6. The molecule has 2 aromatic rings. The van der Waals surface area contributed by atoms with Gasteiger partial charge in [-0.05, 0) is 19.1 Å². The van der Waals surface area contributed by atoms with Crippen LogP contribution in [0.3, 0.4) is 0 Å². The Kier molecular flexibility index (Phi) is 5.75. The van der Waals surface area contributed by atoms with E-state index in [-0.39, 0.29) is 30.5 Å². The molecule has 2 rings (SSSR count). The quantitative estimate of drug-likeness (QED) is 0.342. The Morgan fingerprint density at radius 1 is 1.31 bits per heavy atom. The first-order chi connectivity index (χ1) is 12.5. The number of nitriles is 2. The number of carbonyl (C=O) groups excluding carboxylic acids is 1. The predicted molar refractivity (Wildman–Crippen MR) is 91.9 cm³/mol. The van der Waals surface area contributed by atoms with Crippen LogP contribution in [0.4, 0.5) is 23.0 Å². The standard InChI is InChI=1S/C16H13N7O3/c1-11(24)12-3-2-4-13(9-12)21-15-14(23(25)26)16(20-10-19-15)22(7-5-17)8-6-18/h2-4,9-10H,7-8H2,1H3,(H,19,20,21). The van der Waals surface area contributed by atoms with Gasteiger partial charge in [0.05, 0.1) is 17.1 Å². The first-order valence-electron chi connectivity index (χ1n) is 7.34. The van der Waals surface area contributed by atoms with Crippen LogP contribution in [-0.4, -0.2) is 33.8 Å². The molecule has 0 aliphatic rings. The summed E-state index contributed by atoms with van der Waals surface area (Å²) >= 11 is 0.